The van der Waals surface area contributed by atoms with Gasteiger partial charge in [-0.15, -0.1) is 11.6 Å². The predicted octanol–water partition coefficient (Wildman–Crippen LogP) is 2.47. The Kier molecular flexibility index (Phi) is 4.68. The van der Waals surface area contributed by atoms with Gasteiger partial charge in [0.2, 0.25) is 0 Å². The molecule has 0 spiro atoms. The van der Waals surface area contributed by atoms with Crippen LogP contribution in [0.15, 0.2) is 10.2 Å². The number of alkyl halides is 1. The van der Waals surface area contributed by atoms with E-state index in [4.69, 9.17) is 11.6 Å². The summed E-state index contributed by atoms with van der Waals surface area (Å²) in [7, 11) is 0. The van der Waals surface area contributed by atoms with Crippen molar-refractivity contribution in [3.8, 4) is 0 Å². The van der Waals surface area contributed by atoms with E-state index in [-0.39, 0.29) is 12.1 Å². The Balaban J connectivity index is 3.43. The number of nitrogens with zero attached hydrogens (tertiary/aromatic N) is 2. The molecule has 0 rings (SSSR count). The van der Waals surface area contributed by atoms with E-state index in [1.807, 2.05) is 20.8 Å². The second-order valence-electron chi connectivity index (χ2n) is 2.33. The van der Waals surface area contributed by atoms with Crippen LogP contribution in [0.3, 0.4) is 0 Å². The summed E-state index contributed by atoms with van der Waals surface area (Å²) in [5, 5.41) is 7.87. The van der Waals surface area contributed by atoms with Gasteiger partial charge in [0.15, 0.2) is 0 Å². The number of halogens is 1. The highest BCUT2D eigenvalue weighted by atomic mass is 35.5. The minimum Gasteiger partial charge on any atom is -0.191 e. The molecule has 0 heterocycles. The molecule has 0 N–H and O–H groups in total. The first kappa shape index (κ1) is 8.89. The molecule has 54 valence electrons. The van der Waals surface area contributed by atoms with Crippen molar-refractivity contribution in [3.05, 3.63) is 0 Å². The summed E-state index contributed by atoms with van der Waals surface area (Å²) in [6.07, 6.45) is 0. The van der Waals surface area contributed by atoms with E-state index in [9.17, 15) is 0 Å². The van der Waals surface area contributed by atoms with Crippen LogP contribution in [0.5, 0.6) is 0 Å². The van der Waals surface area contributed by atoms with Gasteiger partial charge >= 0.3 is 0 Å². The molecule has 3 heteroatoms. The summed E-state index contributed by atoms with van der Waals surface area (Å²) in [6.45, 7) is 5.92. The van der Waals surface area contributed by atoms with Crippen molar-refractivity contribution in [2.24, 2.45) is 10.2 Å². The van der Waals surface area contributed by atoms with E-state index < -0.39 is 0 Å². The van der Waals surface area contributed by atoms with Crippen LogP contribution in [-0.2, 0) is 0 Å². The Morgan fingerprint density at radius 1 is 1.22 bits per heavy atom. The van der Waals surface area contributed by atoms with Crippen molar-refractivity contribution in [3.63, 3.8) is 0 Å². The van der Waals surface area contributed by atoms with Crippen LogP contribution in [0.4, 0.5) is 0 Å². The first-order chi connectivity index (χ1) is 4.16. The van der Waals surface area contributed by atoms with Gasteiger partial charge in [0.1, 0.15) is 0 Å². The number of hydrogen-bond donors (Lipinski definition) is 0. The molecule has 9 heavy (non-hydrogen) atoms. The van der Waals surface area contributed by atoms with Crippen molar-refractivity contribution >= 4 is 11.6 Å². The Bertz CT molecular complexity index is 91.1. The molecule has 0 aromatic carbocycles. The smallest absolute Gasteiger partial charge is 0.0815 e. The summed E-state index contributed by atoms with van der Waals surface area (Å²) < 4.78 is 0. The van der Waals surface area contributed by atoms with Crippen LogP contribution < -0.4 is 0 Å². The van der Waals surface area contributed by atoms with E-state index >= 15 is 0 Å². The van der Waals surface area contributed by atoms with Crippen molar-refractivity contribution < 1.29 is 0 Å². The maximum Gasteiger partial charge on any atom is 0.0815 e. The summed E-state index contributed by atoms with van der Waals surface area (Å²) in [6, 6.07) is 0.449. The molecular weight excluding hydrogens is 136 g/mol. The molecule has 0 amide bonds. The molecule has 0 saturated heterocycles. The quantitative estimate of drug-likeness (QED) is 0.434. The van der Waals surface area contributed by atoms with Crippen LogP contribution in [-0.4, -0.2) is 18.0 Å². The molecule has 0 radical (unpaired) electrons. The highest BCUT2D eigenvalue weighted by molar-refractivity contribution is 6.18. The first-order valence-electron chi connectivity index (χ1n) is 3.12. The average molecular weight is 149 g/mol. The lowest BCUT2D eigenvalue weighted by Gasteiger charge is -1.97. The highest BCUT2D eigenvalue weighted by Gasteiger charge is 1.94. The monoisotopic (exact) mass is 148 g/mol. The molecule has 0 fully saturated rings. The molecule has 0 aliphatic carbocycles. The summed E-state index contributed by atoms with van der Waals surface area (Å²) in [5.41, 5.74) is 0. The fourth-order valence-electron chi connectivity index (χ4n) is 0.278. The molecular formula is C6H13ClN2. The highest BCUT2D eigenvalue weighted by Crippen LogP contribution is 1.96. The summed E-state index contributed by atoms with van der Waals surface area (Å²) in [4.78, 5) is 0. The van der Waals surface area contributed by atoms with Crippen molar-refractivity contribution in [2.45, 2.75) is 32.9 Å². The van der Waals surface area contributed by atoms with E-state index in [1.165, 1.54) is 0 Å². The fraction of sp³-hybridized carbons (Fsp3) is 1.00. The minimum absolute atomic E-state index is 0.161. The van der Waals surface area contributed by atoms with Gasteiger partial charge < -0.3 is 0 Å². The molecule has 1 unspecified atom stereocenters. The van der Waals surface area contributed by atoms with Crippen LogP contribution in [0, 0.1) is 0 Å². The predicted molar refractivity (Wildman–Crippen MR) is 40.2 cm³/mol. The standard InChI is InChI=1S/C6H13ClN2/c1-5(2)8-9-6(3)4-7/h5-6H,4H2,1-3H3. The summed E-state index contributed by atoms with van der Waals surface area (Å²) in [5.74, 6) is 0.552. The lowest BCUT2D eigenvalue weighted by molar-refractivity contribution is 0.682. The van der Waals surface area contributed by atoms with Crippen molar-refractivity contribution in [1.82, 2.24) is 0 Å². The Labute approximate surface area is 61.3 Å². The van der Waals surface area contributed by atoms with Crippen molar-refractivity contribution in [1.29, 1.82) is 0 Å². The summed E-state index contributed by atoms with van der Waals surface area (Å²) >= 11 is 5.48. The van der Waals surface area contributed by atoms with Gasteiger partial charge in [0.05, 0.1) is 12.1 Å². The van der Waals surface area contributed by atoms with Crippen LogP contribution in [0.2, 0.25) is 0 Å². The number of hydrogen-bond acceptors (Lipinski definition) is 2. The topological polar surface area (TPSA) is 24.7 Å². The second kappa shape index (κ2) is 4.74. The molecule has 0 aromatic heterocycles. The Morgan fingerprint density at radius 3 is 2.11 bits per heavy atom. The Hall–Kier alpha value is -0.110. The third kappa shape index (κ3) is 5.77. The minimum atomic E-state index is 0.161. The van der Waals surface area contributed by atoms with Crippen LogP contribution >= 0.6 is 11.6 Å². The SMILES string of the molecule is CC(C)N=NC(C)CCl. The average Bonchev–Trinajstić information content (AvgIpc) is 1.83. The first-order valence-corrected chi connectivity index (χ1v) is 3.66. The normalized spacial score (nSPS) is 15.2. The largest absolute Gasteiger partial charge is 0.191 e. The van der Waals surface area contributed by atoms with Gasteiger partial charge in [0.25, 0.3) is 0 Å². The maximum atomic E-state index is 5.48. The lowest BCUT2D eigenvalue weighted by atomic mass is 10.4. The van der Waals surface area contributed by atoms with E-state index in [0.29, 0.717) is 5.88 Å². The van der Waals surface area contributed by atoms with Gasteiger partial charge in [0, 0.05) is 5.88 Å². The molecule has 0 aliphatic heterocycles. The van der Waals surface area contributed by atoms with Crippen LogP contribution in [0.25, 0.3) is 0 Å². The lowest BCUT2D eigenvalue weighted by Crippen LogP contribution is -1.99. The van der Waals surface area contributed by atoms with Crippen LogP contribution in [0.1, 0.15) is 20.8 Å². The van der Waals surface area contributed by atoms with E-state index in [2.05, 4.69) is 10.2 Å². The molecule has 0 bridgehead atoms. The van der Waals surface area contributed by atoms with Gasteiger partial charge in [-0.05, 0) is 20.8 Å². The van der Waals surface area contributed by atoms with E-state index in [1.54, 1.807) is 0 Å². The molecule has 1 atom stereocenters. The van der Waals surface area contributed by atoms with Gasteiger partial charge in [-0.25, -0.2) is 0 Å². The zero-order valence-corrected chi connectivity index (χ0v) is 6.89. The Morgan fingerprint density at radius 2 is 1.78 bits per heavy atom. The maximum absolute atomic E-state index is 5.48. The molecule has 0 aliphatic rings. The number of azo groups is 1. The molecule has 0 saturated carbocycles. The van der Waals surface area contributed by atoms with E-state index in [0.717, 1.165) is 0 Å². The van der Waals surface area contributed by atoms with Gasteiger partial charge in [-0.3, -0.25) is 0 Å². The molecule has 0 aromatic rings. The third-order valence-electron chi connectivity index (χ3n) is 0.718. The second-order valence-corrected chi connectivity index (χ2v) is 2.64. The zero-order chi connectivity index (χ0) is 7.28. The van der Waals surface area contributed by atoms with Crippen molar-refractivity contribution in [2.75, 3.05) is 5.88 Å². The van der Waals surface area contributed by atoms with Gasteiger partial charge in [-0.1, -0.05) is 0 Å². The number of rotatable bonds is 3. The fourth-order valence-corrected chi connectivity index (χ4v) is 0.340. The molecule has 2 nitrogen and oxygen atoms in total. The van der Waals surface area contributed by atoms with Gasteiger partial charge in [-0.2, -0.15) is 10.2 Å². The third-order valence-corrected chi connectivity index (χ3v) is 1.16. The zero-order valence-electron chi connectivity index (χ0n) is 6.13.